The Morgan fingerprint density at radius 1 is 1.35 bits per heavy atom. The molecule has 0 atom stereocenters. The Morgan fingerprint density at radius 3 is 2.40 bits per heavy atom. The van der Waals surface area contributed by atoms with Gasteiger partial charge in [-0.2, -0.15) is 0 Å². The van der Waals surface area contributed by atoms with Crippen LogP contribution in [-0.4, -0.2) is 30.1 Å². The summed E-state index contributed by atoms with van der Waals surface area (Å²) in [5.41, 5.74) is 6.54. The second kappa shape index (κ2) is 7.85. The van der Waals surface area contributed by atoms with E-state index in [0.717, 1.165) is 13.1 Å². The van der Waals surface area contributed by atoms with Crippen LogP contribution in [0.2, 0.25) is 0 Å². The molecule has 1 aliphatic rings. The van der Waals surface area contributed by atoms with Crippen molar-refractivity contribution in [2.45, 2.75) is 45.1 Å². The van der Waals surface area contributed by atoms with Crippen LogP contribution in [0, 0.1) is 0 Å². The maximum atomic E-state index is 9.60. The molecule has 3 N–H and O–H groups in total. The van der Waals surface area contributed by atoms with Crippen LogP contribution in [0.25, 0.3) is 0 Å². The second-order valence-electron chi connectivity index (χ2n) is 5.87. The average molecular weight is 279 g/mol. The molecule has 0 spiro atoms. The summed E-state index contributed by atoms with van der Waals surface area (Å²) < 4.78 is 4.55. The third-order valence-electron chi connectivity index (χ3n) is 3.02. The smallest absolute Gasteiger partial charge is 0.293 e. The average Bonchev–Trinajstić information content (AvgIpc) is 2.40. The van der Waals surface area contributed by atoms with Crippen molar-refractivity contribution in [1.82, 2.24) is 10.3 Å². The lowest BCUT2D eigenvalue weighted by Gasteiger charge is -2.22. The van der Waals surface area contributed by atoms with Crippen molar-refractivity contribution in [2.75, 3.05) is 18.8 Å². The van der Waals surface area contributed by atoms with Crippen LogP contribution in [0.3, 0.4) is 0 Å². The highest BCUT2D eigenvalue weighted by Crippen LogP contribution is 2.24. The minimum Gasteiger partial charge on any atom is -0.462 e. The zero-order chi connectivity index (χ0) is 15.0. The third kappa shape index (κ3) is 6.52. The first-order chi connectivity index (χ1) is 9.42. The number of nitrogens with one attached hydrogen (secondary N) is 1. The summed E-state index contributed by atoms with van der Waals surface area (Å²) in [6.45, 7) is 8.16. The van der Waals surface area contributed by atoms with E-state index in [1.54, 1.807) is 0 Å². The quantitative estimate of drug-likeness (QED) is 0.811. The van der Waals surface area contributed by atoms with Gasteiger partial charge in [0.2, 0.25) is 0 Å². The van der Waals surface area contributed by atoms with Crippen molar-refractivity contribution in [3.63, 3.8) is 0 Å². The van der Waals surface area contributed by atoms with E-state index in [2.05, 4.69) is 21.1 Å². The maximum absolute atomic E-state index is 9.60. The molecular formula is C15H25N3O2. The largest absolute Gasteiger partial charge is 0.462 e. The van der Waals surface area contributed by atoms with Crippen LogP contribution >= 0.6 is 0 Å². The normalized spacial score (nSPS) is 15.9. The summed E-state index contributed by atoms with van der Waals surface area (Å²) in [4.78, 5) is 13.7. The maximum Gasteiger partial charge on any atom is 0.293 e. The number of pyridine rings is 1. The predicted molar refractivity (Wildman–Crippen MR) is 80.4 cm³/mol. The van der Waals surface area contributed by atoms with Crippen molar-refractivity contribution in [1.29, 1.82) is 0 Å². The lowest BCUT2D eigenvalue weighted by atomic mass is 9.91. The molecule has 0 amide bonds. The van der Waals surface area contributed by atoms with Gasteiger partial charge in [0.1, 0.15) is 11.4 Å². The van der Waals surface area contributed by atoms with Crippen molar-refractivity contribution in [3.8, 4) is 0 Å². The lowest BCUT2D eigenvalue weighted by Crippen LogP contribution is -2.26. The Hall–Kier alpha value is -1.62. The van der Waals surface area contributed by atoms with Crippen LogP contribution in [0.4, 0.5) is 5.82 Å². The molecule has 5 heteroatoms. The number of nitrogen functional groups attached to an aromatic ring is 1. The molecule has 1 saturated heterocycles. The first kappa shape index (κ1) is 16.4. The van der Waals surface area contributed by atoms with E-state index in [4.69, 9.17) is 5.73 Å². The van der Waals surface area contributed by atoms with Gasteiger partial charge in [0.25, 0.3) is 6.47 Å². The van der Waals surface area contributed by atoms with E-state index in [9.17, 15) is 4.79 Å². The first-order valence-corrected chi connectivity index (χ1v) is 6.96. The SMILES string of the molecule is CC(C)(C)OC=O.Nc1ccc(C2CCNCC2)cn1. The number of hydrogen-bond donors (Lipinski definition) is 2. The van der Waals surface area contributed by atoms with E-state index in [-0.39, 0.29) is 5.60 Å². The van der Waals surface area contributed by atoms with Crippen LogP contribution < -0.4 is 11.1 Å². The Labute approximate surface area is 120 Å². The molecule has 0 saturated carbocycles. The van der Waals surface area contributed by atoms with E-state index >= 15 is 0 Å². The minimum absolute atomic E-state index is 0.318. The number of carbonyl (C=O) groups excluding carboxylic acids is 1. The molecule has 0 aromatic carbocycles. The Morgan fingerprint density at radius 2 is 2.00 bits per heavy atom. The van der Waals surface area contributed by atoms with Crippen molar-refractivity contribution >= 4 is 12.3 Å². The lowest BCUT2D eigenvalue weighted by molar-refractivity contribution is -0.138. The van der Waals surface area contributed by atoms with Crippen LogP contribution in [-0.2, 0) is 9.53 Å². The van der Waals surface area contributed by atoms with Crippen LogP contribution in [0.1, 0.15) is 45.1 Å². The van der Waals surface area contributed by atoms with Gasteiger partial charge in [-0.3, -0.25) is 4.79 Å². The number of nitrogens with two attached hydrogens (primary N) is 1. The van der Waals surface area contributed by atoms with Crippen LogP contribution in [0.15, 0.2) is 18.3 Å². The van der Waals surface area contributed by atoms with E-state index < -0.39 is 0 Å². The monoisotopic (exact) mass is 279 g/mol. The summed E-state index contributed by atoms with van der Waals surface area (Å²) in [6, 6.07) is 3.98. The summed E-state index contributed by atoms with van der Waals surface area (Å²) in [5.74, 6) is 1.28. The molecule has 5 nitrogen and oxygen atoms in total. The van der Waals surface area contributed by atoms with Gasteiger partial charge in [0.15, 0.2) is 0 Å². The van der Waals surface area contributed by atoms with Gasteiger partial charge < -0.3 is 15.8 Å². The van der Waals surface area contributed by atoms with E-state index in [1.807, 2.05) is 33.0 Å². The van der Waals surface area contributed by atoms with Crippen molar-refractivity contribution < 1.29 is 9.53 Å². The molecule has 1 aliphatic heterocycles. The Balaban J connectivity index is 0.000000246. The van der Waals surface area contributed by atoms with Crippen LogP contribution in [0.5, 0.6) is 0 Å². The molecule has 0 aliphatic carbocycles. The molecular weight excluding hydrogens is 254 g/mol. The second-order valence-corrected chi connectivity index (χ2v) is 5.87. The number of anilines is 1. The molecule has 1 aromatic rings. The summed E-state index contributed by atoms with van der Waals surface area (Å²) in [5, 5.41) is 3.35. The molecule has 1 fully saturated rings. The highest BCUT2D eigenvalue weighted by molar-refractivity contribution is 5.37. The molecule has 112 valence electrons. The molecule has 0 bridgehead atoms. The van der Waals surface area contributed by atoms with Gasteiger partial charge in [-0.15, -0.1) is 0 Å². The molecule has 20 heavy (non-hydrogen) atoms. The summed E-state index contributed by atoms with van der Waals surface area (Å²) in [7, 11) is 0. The molecule has 0 unspecified atom stereocenters. The number of nitrogens with zero attached hydrogens (tertiary/aromatic N) is 1. The van der Waals surface area contributed by atoms with E-state index in [1.165, 1.54) is 18.4 Å². The molecule has 2 heterocycles. The van der Waals surface area contributed by atoms with Gasteiger partial charge in [-0.25, -0.2) is 4.98 Å². The fourth-order valence-electron chi connectivity index (χ4n) is 1.96. The van der Waals surface area contributed by atoms with Gasteiger partial charge in [0, 0.05) is 6.20 Å². The van der Waals surface area contributed by atoms with E-state index in [0.29, 0.717) is 18.2 Å². The van der Waals surface area contributed by atoms with Crippen molar-refractivity contribution in [2.24, 2.45) is 0 Å². The molecule has 0 radical (unpaired) electrons. The fourth-order valence-corrected chi connectivity index (χ4v) is 1.96. The number of ether oxygens (including phenoxy) is 1. The topological polar surface area (TPSA) is 77.2 Å². The van der Waals surface area contributed by atoms with Gasteiger partial charge in [-0.1, -0.05) is 6.07 Å². The highest BCUT2D eigenvalue weighted by atomic mass is 16.5. The Kier molecular flexibility index (Phi) is 6.45. The predicted octanol–water partition coefficient (Wildman–Crippen LogP) is 2.09. The first-order valence-electron chi connectivity index (χ1n) is 6.96. The van der Waals surface area contributed by atoms with Crippen molar-refractivity contribution in [3.05, 3.63) is 23.9 Å². The zero-order valence-corrected chi connectivity index (χ0v) is 12.6. The Bertz CT molecular complexity index is 393. The molecule has 2 rings (SSSR count). The minimum atomic E-state index is -0.318. The standard InChI is InChI=1S/C10H15N3.C5H10O2/c11-10-2-1-9(7-13-10)8-3-5-12-6-4-8;1-5(2,3)7-4-6/h1-2,7-8,12H,3-6H2,(H2,11,13);4H,1-3H3. The fraction of sp³-hybridized carbons (Fsp3) is 0.600. The van der Waals surface area contributed by atoms with Gasteiger partial charge in [0.05, 0.1) is 0 Å². The number of hydrogen-bond acceptors (Lipinski definition) is 5. The number of piperidine rings is 1. The summed E-state index contributed by atoms with van der Waals surface area (Å²) >= 11 is 0. The third-order valence-corrected chi connectivity index (χ3v) is 3.02. The van der Waals surface area contributed by atoms with Gasteiger partial charge in [-0.05, 0) is 64.3 Å². The van der Waals surface area contributed by atoms with Gasteiger partial charge >= 0.3 is 0 Å². The number of aromatic nitrogens is 1. The number of rotatable bonds is 2. The number of carbonyl (C=O) groups is 1. The highest BCUT2D eigenvalue weighted by Gasteiger charge is 2.14. The summed E-state index contributed by atoms with van der Waals surface area (Å²) in [6.07, 6.45) is 4.34. The molecule has 1 aromatic heterocycles. The zero-order valence-electron chi connectivity index (χ0n) is 12.6.